The van der Waals surface area contributed by atoms with Crippen LogP contribution in [-0.4, -0.2) is 17.8 Å². The predicted molar refractivity (Wildman–Crippen MR) is 114 cm³/mol. The number of nitrogens with zero attached hydrogens (tertiary/aromatic N) is 2. The van der Waals surface area contributed by atoms with Crippen molar-refractivity contribution in [3.63, 3.8) is 0 Å². The maximum absolute atomic E-state index is 5.95. The highest BCUT2D eigenvalue weighted by atomic mass is 16.5. The summed E-state index contributed by atoms with van der Waals surface area (Å²) < 4.78 is 11.1. The zero-order valence-corrected chi connectivity index (χ0v) is 16.6. The second-order valence-electron chi connectivity index (χ2n) is 7.76. The lowest BCUT2D eigenvalue weighted by Gasteiger charge is -2.24. The van der Waals surface area contributed by atoms with E-state index in [2.05, 4.69) is 41.4 Å². The van der Waals surface area contributed by atoms with E-state index < -0.39 is 0 Å². The Bertz CT molecular complexity index is 1060. The summed E-state index contributed by atoms with van der Waals surface area (Å²) in [7, 11) is 1.64. The molecule has 1 aliphatic heterocycles. The molecule has 29 heavy (non-hydrogen) atoms. The van der Waals surface area contributed by atoms with Gasteiger partial charge < -0.3 is 9.47 Å². The summed E-state index contributed by atoms with van der Waals surface area (Å²) in [6.45, 7) is 0.429. The average molecular weight is 384 g/mol. The first-order chi connectivity index (χ1) is 14.3. The van der Waals surface area contributed by atoms with Crippen molar-refractivity contribution >= 4 is 11.4 Å². The topological polar surface area (TPSA) is 43.7 Å². The fraction of sp³-hybridized carbons (Fsp3) is 0.280. The largest absolute Gasteiger partial charge is 0.495 e. The van der Waals surface area contributed by atoms with Gasteiger partial charge in [0.1, 0.15) is 18.1 Å². The van der Waals surface area contributed by atoms with E-state index in [0.29, 0.717) is 12.5 Å². The molecular formula is C25H24N2O2. The number of aromatic nitrogens is 1. The smallest absolute Gasteiger partial charge is 0.137 e. The molecule has 0 radical (unpaired) electrons. The van der Waals surface area contributed by atoms with Gasteiger partial charge in [0.2, 0.25) is 0 Å². The number of fused-ring (bicyclic) bond motifs is 2. The third-order valence-electron chi connectivity index (χ3n) is 5.93. The Balaban J connectivity index is 1.27. The van der Waals surface area contributed by atoms with Crippen molar-refractivity contribution in [1.82, 2.24) is 4.98 Å². The van der Waals surface area contributed by atoms with Crippen LogP contribution in [0.5, 0.6) is 11.5 Å². The standard InChI is InChI=1S/C25H24N2O2/c1-28-23-11-9-21(26-15-23)16-29-22-10-8-20-13-24(27-25(20)14-22)19-7-6-17-4-2-3-5-18(17)12-19/h2-5,8-11,14-15,19H,6-7,12-13,16H2,1H3. The summed E-state index contributed by atoms with van der Waals surface area (Å²) in [6.07, 6.45) is 6.12. The molecule has 3 aromatic rings. The van der Waals surface area contributed by atoms with Crippen molar-refractivity contribution in [2.45, 2.75) is 32.3 Å². The van der Waals surface area contributed by atoms with Gasteiger partial charge in [-0.15, -0.1) is 0 Å². The first-order valence-electron chi connectivity index (χ1n) is 10.2. The van der Waals surface area contributed by atoms with Crippen molar-refractivity contribution in [1.29, 1.82) is 0 Å². The number of hydrogen-bond donors (Lipinski definition) is 0. The molecule has 1 atom stereocenters. The van der Waals surface area contributed by atoms with Crippen LogP contribution in [0.15, 0.2) is 65.8 Å². The van der Waals surface area contributed by atoms with Gasteiger partial charge in [-0.05, 0) is 54.2 Å². The Morgan fingerprint density at radius 1 is 0.966 bits per heavy atom. The number of aryl methyl sites for hydroxylation is 1. The fourth-order valence-corrected chi connectivity index (χ4v) is 4.27. The number of hydrogen-bond acceptors (Lipinski definition) is 4. The van der Waals surface area contributed by atoms with Crippen molar-refractivity contribution in [2.24, 2.45) is 10.9 Å². The lowest BCUT2D eigenvalue weighted by molar-refractivity contribution is 0.301. The van der Waals surface area contributed by atoms with Crippen molar-refractivity contribution in [2.75, 3.05) is 7.11 Å². The molecular weight excluding hydrogens is 360 g/mol. The van der Waals surface area contributed by atoms with Crippen LogP contribution in [0.25, 0.3) is 0 Å². The third-order valence-corrected chi connectivity index (χ3v) is 5.93. The highest BCUT2D eigenvalue weighted by Gasteiger charge is 2.26. The van der Waals surface area contributed by atoms with Gasteiger partial charge in [-0.1, -0.05) is 30.3 Å². The Hall–Kier alpha value is -3.14. The van der Waals surface area contributed by atoms with Gasteiger partial charge in [-0.3, -0.25) is 9.98 Å². The van der Waals surface area contributed by atoms with E-state index in [4.69, 9.17) is 14.5 Å². The highest BCUT2D eigenvalue weighted by Crippen LogP contribution is 2.36. The first kappa shape index (κ1) is 17.9. The van der Waals surface area contributed by atoms with Gasteiger partial charge >= 0.3 is 0 Å². The molecule has 0 saturated heterocycles. The van der Waals surface area contributed by atoms with Crippen LogP contribution in [0, 0.1) is 5.92 Å². The number of methoxy groups -OCH3 is 1. The van der Waals surface area contributed by atoms with E-state index in [0.717, 1.165) is 42.1 Å². The van der Waals surface area contributed by atoms with E-state index in [-0.39, 0.29) is 0 Å². The molecule has 0 saturated carbocycles. The number of aliphatic imine (C=N–C) groups is 1. The van der Waals surface area contributed by atoms with Gasteiger partial charge in [-0.2, -0.15) is 0 Å². The van der Waals surface area contributed by atoms with Crippen molar-refractivity contribution in [3.05, 3.63) is 83.2 Å². The van der Waals surface area contributed by atoms with Crippen LogP contribution >= 0.6 is 0 Å². The van der Waals surface area contributed by atoms with Gasteiger partial charge in [-0.25, -0.2) is 0 Å². The third kappa shape index (κ3) is 3.75. The quantitative estimate of drug-likeness (QED) is 0.614. The van der Waals surface area contributed by atoms with Gasteiger partial charge in [0.15, 0.2) is 0 Å². The molecule has 0 bridgehead atoms. The van der Waals surface area contributed by atoms with Crippen LogP contribution in [-0.2, 0) is 25.9 Å². The summed E-state index contributed by atoms with van der Waals surface area (Å²) in [5.74, 6) is 2.13. The maximum Gasteiger partial charge on any atom is 0.137 e. The van der Waals surface area contributed by atoms with E-state index in [1.54, 1.807) is 13.3 Å². The van der Waals surface area contributed by atoms with Crippen molar-refractivity contribution < 1.29 is 9.47 Å². The second kappa shape index (κ2) is 7.70. The molecule has 4 nitrogen and oxygen atoms in total. The molecule has 2 aliphatic rings. The number of pyridine rings is 1. The molecule has 4 heteroatoms. The van der Waals surface area contributed by atoms with E-state index in [1.165, 1.54) is 28.8 Å². The Kier molecular flexibility index (Phi) is 4.76. The number of rotatable bonds is 5. The average Bonchev–Trinajstić information content (AvgIpc) is 3.21. The van der Waals surface area contributed by atoms with Crippen LogP contribution in [0.3, 0.4) is 0 Å². The second-order valence-corrected chi connectivity index (χ2v) is 7.76. The van der Waals surface area contributed by atoms with Crippen LogP contribution in [0.2, 0.25) is 0 Å². The van der Waals surface area contributed by atoms with Gasteiger partial charge in [0.05, 0.1) is 24.7 Å². The van der Waals surface area contributed by atoms with Crippen LogP contribution in [0.4, 0.5) is 5.69 Å². The molecule has 0 amide bonds. The molecule has 0 spiro atoms. The molecule has 1 aliphatic carbocycles. The minimum atomic E-state index is 0.429. The summed E-state index contributed by atoms with van der Waals surface area (Å²) in [6, 6.07) is 18.9. The maximum atomic E-state index is 5.95. The minimum absolute atomic E-state index is 0.429. The molecule has 1 aromatic heterocycles. The zero-order chi connectivity index (χ0) is 19.6. The molecule has 1 unspecified atom stereocenters. The summed E-state index contributed by atoms with van der Waals surface area (Å²) in [4.78, 5) is 9.34. The van der Waals surface area contributed by atoms with Crippen LogP contribution in [0.1, 0.15) is 28.8 Å². The lowest BCUT2D eigenvalue weighted by Crippen LogP contribution is -2.22. The number of ether oxygens (including phenoxy) is 2. The molecule has 0 N–H and O–H groups in total. The molecule has 5 rings (SSSR count). The molecule has 2 aromatic carbocycles. The fourth-order valence-electron chi connectivity index (χ4n) is 4.27. The highest BCUT2D eigenvalue weighted by molar-refractivity contribution is 5.96. The molecule has 0 fully saturated rings. The molecule has 146 valence electrons. The zero-order valence-electron chi connectivity index (χ0n) is 16.6. The summed E-state index contributed by atoms with van der Waals surface area (Å²) >= 11 is 0. The minimum Gasteiger partial charge on any atom is -0.495 e. The number of benzene rings is 2. The van der Waals surface area contributed by atoms with Crippen LogP contribution < -0.4 is 9.47 Å². The summed E-state index contributed by atoms with van der Waals surface area (Å²) in [5, 5.41) is 0. The Labute approximate surface area is 171 Å². The van der Waals surface area contributed by atoms with E-state index >= 15 is 0 Å². The van der Waals surface area contributed by atoms with Gasteiger partial charge in [0.25, 0.3) is 0 Å². The summed E-state index contributed by atoms with van der Waals surface area (Å²) in [5.41, 5.74) is 7.54. The Morgan fingerprint density at radius 2 is 1.83 bits per heavy atom. The van der Waals surface area contributed by atoms with Crippen molar-refractivity contribution in [3.8, 4) is 11.5 Å². The monoisotopic (exact) mass is 384 g/mol. The predicted octanol–water partition coefficient (Wildman–Crippen LogP) is 5.10. The molecule has 2 heterocycles. The SMILES string of the molecule is COc1ccc(COc2ccc3c(c2)N=C(C2CCc4ccccc4C2)C3)nc1. The normalized spacial score (nSPS) is 17.3. The lowest BCUT2D eigenvalue weighted by atomic mass is 9.80. The first-order valence-corrected chi connectivity index (χ1v) is 10.2. The van der Waals surface area contributed by atoms with E-state index in [9.17, 15) is 0 Å². The van der Waals surface area contributed by atoms with E-state index in [1.807, 2.05) is 18.2 Å². The Morgan fingerprint density at radius 3 is 2.66 bits per heavy atom. The van der Waals surface area contributed by atoms with Gasteiger partial charge in [0, 0.05) is 24.1 Å².